The highest BCUT2D eigenvalue weighted by Crippen LogP contribution is 2.29. The van der Waals surface area contributed by atoms with E-state index in [1.807, 2.05) is 6.92 Å². The molecule has 0 aliphatic heterocycles. The number of hydrazone groups is 1. The maximum Gasteiger partial charge on any atom is 0.301 e. The van der Waals surface area contributed by atoms with Crippen molar-refractivity contribution in [3.05, 3.63) is 103 Å². The first-order chi connectivity index (χ1) is 15.6. The second-order valence-electron chi connectivity index (χ2n) is 6.97. The molecule has 1 N–H and O–H groups in total. The average molecular weight is 533 g/mol. The summed E-state index contributed by atoms with van der Waals surface area (Å²) in [6.45, 7) is 1.84. The van der Waals surface area contributed by atoms with Gasteiger partial charge in [0.1, 0.15) is 5.69 Å². The van der Waals surface area contributed by atoms with E-state index in [1.165, 1.54) is 12.1 Å². The molecule has 0 aromatic heterocycles. The summed E-state index contributed by atoms with van der Waals surface area (Å²) in [4.78, 5) is 20.9. The maximum absolute atomic E-state index is 13.0. The van der Waals surface area contributed by atoms with Crippen LogP contribution in [0.2, 0.25) is 0 Å². The number of aryl methyl sites for hydroxylation is 1. The first kappa shape index (κ1) is 24.0. The number of halogens is 1. The lowest BCUT2D eigenvalue weighted by atomic mass is 10.1. The molecule has 0 fully saturated rings. The van der Waals surface area contributed by atoms with E-state index in [9.17, 15) is 28.6 Å². The molecular weight excluding hydrogens is 516 g/mol. The predicted molar refractivity (Wildman–Crippen MR) is 127 cm³/mol. The molecule has 0 amide bonds. The van der Waals surface area contributed by atoms with Gasteiger partial charge in [-0.25, -0.2) is 8.42 Å². The SMILES string of the molecule is Cc1ccc(S(=O)(=O)C/C(=N/Nc2ccc([N+](=O)[O-])cc2[N+](=O)[O-])c2ccc(Br)cc2)cc1. The van der Waals surface area contributed by atoms with Gasteiger partial charge < -0.3 is 0 Å². The molecular formula is C21H17BrN4O6S. The van der Waals surface area contributed by atoms with Crippen molar-refractivity contribution in [1.82, 2.24) is 0 Å². The molecule has 0 aliphatic carbocycles. The fourth-order valence-electron chi connectivity index (χ4n) is 2.84. The summed E-state index contributed by atoms with van der Waals surface area (Å²) in [6.07, 6.45) is 0. The Kier molecular flexibility index (Phi) is 7.19. The lowest BCUT2D eigenvalue weighted by Crippen LogP contribution is -2.19. The van der Waals surface area contributed by atoms with Crippen LogP contribution in [0, 0.1) is 27.2 Å². The normalized spacial score (nSPS) is 11.8. The second-order valence-corrected chi connectivity index (χ2v) is 9.87. The molecule has 3 aromatic carbocycles. The number of nitro benzene ring substituents is 2. The van der Waals surface area contributed by atoms with Crippen LogP contribution in [0.15, 0.2) is 81.2 Å². The molecule has 0 atom stereocenters. The number of non-ortho nitro benzene ring substituents is 1. The topological polar surface area (TPSA) is 145 Å². The number of anilines is 1. The van der Waals surface area contributed by atoms with Gasteiger partial charge in [0.05, 0.1) is 32.3 Å². The van der Waals surface area contributed by atoms with Crippen LogP contribution in [0.4, 0.5) is 17.1 Å². The lowest BCUT2D eigenvalue weighted by Gasteiger charge is -2.10. The Balaban J connectivity index is 2.02. The lowest BCUT2D eigenvalue weighted by molar-refractivity contribution is -0.393. The zero-order chi connectivity index (χ0) is 24.2. The van der Waals surface area contributed by atoms with E-state index in [2.05, 4.69) is 26.5 Å². The van der Waals surface area contributed by atoms with Gasteiger partial charge in [-0.3, -0.25) is 25.7 Å². The molecule has 0 heterocycles. The van der Waals surface area contributed by atoms with Gasteiger partial charge >= 0.3 is 5.69 Å². The van der Waals surface area contributed by atoms with Gasteiger partial charge in [-0.2, -0.15) is 5.10 Å². The smallest absolute Gasteiger partial charge is 0.271 e. The Hall–Kier alpha value is -3.64. The van der Waals surface area contributed by atoms with E-state index >= 15 is 0 Å². The standard InChI is InChI=1S/C21H17BrN4O6S/c1-14-2-9-18(10-3-14)33(31,32)13-20(15-4-6-16(22)7-5-15)24-23-19-11-8-17(25(27)28)12-21(19)26(29)30/h2-12,23H,13H2,1H3/b24-20-. The van der Waals surface area contributed by atoms with Gasteiger partial charge in [-0.1, -0.05) is 45.8 Å². The predicted octanol–water partition coefficient (Wildman–Crippen LogP) is 4.86. The minimum absolute atomic E-state index is 0.107. The molecule has 0 saturated carbocycles. The molecule has 0 saturated heterocycles. The van der Waals surface area contributed by atoms with E-state index in [0.29, 0.717) is 5.56 Å². The highest BCUT2D eigenvalue weighted by atomic mass is 79.9. The summed E-state index contributed by atoms with van der Waals surface area (Å²) in [5.74, 6) is -0.481. The van der Waals surface area contributed by atoms with Crippen LogP contribution in [-0.4, -0.2) is 29.7 Å². The summed E-state index contributed by atoms with van der Waals surface area (Å²) in [5, 5.41) is 26.5. The molecule has 0 spiro atoms. The van der Waals surface area contributed by atoms with Gasteiger partial charge in [-0.15, -0.1) is 0 Å². The third kappa shape index (κ3) is 5.99. The van der Waals surface area contributed by atoms with Crippen molar-refractivity contribution in [2.75, 3.05) is 11.2 Å². The van der Waals surface area contributed by atoms with Crippen LogP contribution < -0.4 is 5.43 Å². The molecule has 3 aromatic rings. The number of hydrogen-bond acceptors (Lipinski definition) is 8. The van der Waals surface area contributed by atoms with Crippen molar-refractivity contribution in [3.8, 4) is 0 Å². The van der Waals surface area contributed by atoms with Gasteiger partial charge in [0, 0.05) is 10.5 Å². The number of hydrogen-bond donors (Lipinski definition) is 1. The minimum atomic E-state index is -3.79. The Morgan fingerprint density at radius 1 is 0.970 bits per heavy atom. The number of rotatable bonds is 8. The molecule has 170 valence electrons. The second kappa shape index (κ2) is 9.88. The van der Waals surface area contributed by atoms with Gasteiger partial charge in [-0.05, 0) is 42.8 Å². The molecule has 0 unspecified atom stereocenters. The summed E-state index contributed by atoms with van der Waals surface area (Å²) < 4.78 is 26.8. The third-order valence-electron chi connectivity index (χ3n) is 4.58. The monoisotopic (exact) mass is 532 g/mol. The summed E-state index contributed by atoms with van der Waals surface area (Å²) in [5.41, 5.74) is 2.86. The van der Waals surface area contributed by atoms with Crippen LogP contribution >= 0.6 is 15.9 Å². The Bertz CT molecular complexity index is 1340. The van der Waals surface area contributed by atoms with Crippen LogP contribution in [0.3, 0.4) is 0 Å². The highest BCUT2D eigenvalue weighted by molar-refractivity contribution is 9.10. The van der Waals surface area contributed by atoms with Crippen LogP contribution in [0.25, 0.3) is 0 Å². The number of nitro groups is 2. The molecule has 0 radical (unpaired) electrons. The fraction of sp³-hybridized carbons (Fsp3) is 0.0952. The van der Waals surface area contributed by atoms with Crippen molar-refractivity contribution in [2.24, 2.45) is 5.10 Å². The van der Waals surface area contributed by atoms with E-state index in [0.717, 1.165) is 28.2 Å². The van der Waals surface area contributed by atoms with Gasteiger partial charge in [0.25, 0.3) is 5.69 Å². The van der Waals surface area contributed by atoms with Gasteiger partial charge in [0.2, 0.25) is 0 Å². The van der Waals surface area contributed by atoms with Crippen molar-refractivity contribution in [3.63, 3.8) is 0 Å². The third-order valence-corrected chi connectivity index (χ3v) is 6.76. The molecule has 33 heavy (non-hydrogen) atoms. The first-order valence-corrected chi connectivity index (χ1v) is 11.8. The molecule has 10 nitrogen and oxygen atoms in total. The molecule has 0 aliphatic rings. The first-order valence-electron chi connectivity index (χ1n) is 9.37. The molecule has 12 heteroatoms. The summed E-state index contributed by atoms with van der Waals surface area (Å²) >= 11 is 3.32. The van der Waals surface area contributed by atoms with Crippen LogP contribution in [-0.2, 0) is 9.84 Å². The minimum Gasteiger partial charge on any atom is -0.271 e. The van der Waals surface area contributed by atoms with E-state index in [1.54, 1.807) is 36.4 Å². The number of nitrogens with one attached hydrogen (secondary N) is 1. The van der Waals surface area contributed by atoms with Crippen molar-refractivity contribution in [2.45, 2.75) is 11.8 Å². The van der Waals surface area contributed by atoms with E-state index < -0.39 is 36.8 Å². The quantitative estimate of drug-likeness (QED) is 0.247. The van der Waals surface area contributed by atoms with Crippen molar-refractivity contribution < 1.29 is 18.3 Å². The van der Waals surface area contributed by atoms with E-state index in [4.69, 9.17) is 0 Å². The number of benzene rings is 3. The van der Waals surface area contributed by atoms with Crippen molar-refractivity contribution in [1.29, 1.82) is 0 Å². The Morgan fingerprint density at radius 3 is 2.18 bits per heavy atom. The summed E-state index contributed by atoms with van der Waals surface area (Å²) in [7, 11) is -3.79. The Morgan fingerprint density at radius 2 is 1.61 bits per heavy atom. The van der Waals surface area contributed by atoms with Crippen LogP contribution in [0.5, 0.6) is 0 Å². The van der Waals surface area contributed by atoms with Crippen LogP contribution in [0.1, 0.15) is 11.1 Å². The zero-order valence-corrected chi connectivity index (χ0v) is 19.5. The highest BCUT2D eigenvalue weighted by Gasteiger charge is 2.22. The average Bonchev–Trinajstić information content (AvgIpc) is 2.77. The number of nitrogens with zero attached hydrogens (tertiary/aromatic N) is 3. The number of sulfone groups is 1. The van der Waals surface area contributed by atoms with E-state index in [-0.39, 0.29) is 16.3 Å². The molecule has 0 bridgehead atoms. The zero-order valence-electron chi connectivity index (χ0n) is 17.1. The van der Waals surface area contributed by atoms with Crippen molar-refractivity contribution >= 4 is 48.5 Å². The fourth-order valence-corrected chi connectivity index (χ4v) is 4.41. The van der Waals surface area contributed by atoms with Gasteiger partial charge in [0.15, 0.2) is 9.84 Å². The maximum atomic E-state index is 13.0. The summed E-state index contributed by atoms with van der Waals surface area (Å²) in [6, 6.07) is 16.1. The largest absolute Gasteiger partial charge is 0.301 e. The molecule has 3 rings (SSSR count). The Labute approximate surface area is 197 Å².